The second-order valence-corrected chi connectivity index (χ2v) is 9.50. The van der Waals surface area contributed by atoms with Crippen LogP contribution in [0.4, 0.5) is 5.13 Å². The molecule has 3 aromatic rings. The standard InChI is InChI=1S/C20H23ClN4O3S2/c1-3-16(25-30(26,27)18-10-8-17(28-2)9-11-18)13-22-20-23-19(24-29-20)12-14-4-6-15(21)7-5-14/h4-11,16,25H,3,12-13H2,1-2H3,(H,22,23,24). The van der Waals surface area contributed by atoms with E-state index in [2.05, 4.69) is 19.4 Å². The predicted octanol–water partition coefficient (Wildman–Crippen LogP) is 3.96. The summed E-state index contributed by atoms with van der Waals surface area (Å²) in [5, 5.41) is 4.52. The number of aromatic nitrogens is 2. The molecule has 2 aromatic carbocycles. The number of hydrogen-bond donors (Lipinski definition) is 2. The fourth-order valence-electron chi connectivity index (χ4n) is 2.70. The van der Waals surface area contributed by atoms with E-state index in [0.717, 1.165) is 5.56 Å². The van der Waals surface area contributed by atoms with Gasteiger partial charge in [-0.25, -0.2) is 18.1 Å². The molecule has 2 N–H and O–H groups in total. The molecule has 160 valence electrons. The van der Waals surface area contributed by atoms with Crippen molar-refractivity contribution in [1.82, 2.24) is 14.1 Å². The third-order valence-electron chi connectivity index (χ3n) is 4.43. The van der Waals surface area contributed by atoms with Crippen LogP contribution in [0.3, 0.4) is 0 Å². The molecule has 0 aliphatic rings. The van der Waals surface area contributed by atoms with Crippen LogP contribution in [0.15, 0.2) is 53.4 Å². The Kier molecular flexibility index (Phi) is 7.65. The van der Waals surface area contributed by atoms with Crippen LogP contribution in [-0.4, -0.2) is 37.5 Å². The largest absolute Gasteiger partial charge is 0.497 e. The Labute approximate surface area is 185 Å². The van der Waals surface area contributed by atoms with Crippen molar-refractivity contribution in [3.8, 4) is 5.75 Å². The van der Waals surface area contributed by atoms with Gasteiger partial charge in [-0.05, 0) is 48.4 Å². The van der Waals surface area contributed by atoms with Gasteiger partial charge in [-0.2, -0.15) is 4.37 Å². The van der Waals surface area contributed by atoms with Crippen molar-refractivity contribution in [1.29, 1.82) is 0 Å². The summed E-state index contributed by atoms with van der Waals surface area (Å²) < 4.78 is 37.4. The number of hydrogen-bond acceptors (Lipinski definition) is 7. The van der Waals surface area contributed by atoms with Gasteiger partial charge < -0.3 is 10.1 Å². The zero-order valence-electron chi connectivity index (χ0n) is 16.6. The first-order valence-corrected chi connectivity index (χ1v) is 12.0. The molecule has 0 spiro atoms. The topological polar surface area (TPSA) is 93.2 Å². The SMILES string of the molecule is CCC(CNc1nc(Cc2ccc(Cl)cc2)ns1)NS(=O)(=O)c1ccc(OC)cc1. The van der Waals surface area contributed by atoms with Crippen LogP contribution in [0, 0.1) is 0 Å². The monoisotopic (exact) mass is 466 g/mol. The summed E-state index contributed by atoms with van der Waals surface area (Å²) in [7, 11) is -2.09. The smallest absolute Gasteiger partial charge is 0.240 e. The zero-order valence-corrected chi connectivity index (χ0v) is 19.0. The van der Waals surface area contributed by atoms with Gasteiger partial charge in [-0.3, -0.25) is 0 Å². The first kappa shape index (κ1) is 22.5. The number of ether oxygens (including phenoxy) is 1. The molecule has 0 saturated heterocycles. The molecule has 0 saturated carbocycles. The summed E-state index contributed by atoms with van der Waals surface area (Å²) in [6.45, 7) is 2.33. The highest BCUT2D eigenvalue weighted by atomic mass is 35.5. The quantitative estimate of drug-likeness (QED) is 0.469. The first-order valence-electron chi connectivity index (χ1n) is 9.37. The highest BCUT2D eigenvalue weighted by molar-refractivity contribution is 7.89. The van der Waals surface area contributed by atoms with Crippen LogP contribution in [-0.2, 0) is 16.4 Å². The Morgan fingerprint density at radius 3 is 2.47 bits per heavy atom. The molecular formula is C20H23ClN4O3S2. The van der Waals surface area contributed by atoms with E-state index in [1.54, 1.807) is 12.1 Å². The van der Waals surface area contributed by atoms with Crippen molar-refractivity contribution < 1.29 is 13.2 Å². The lowest BCUT2D eigenvalue weighted by molar-refractivity contribution is 0.414. The molecule has 0 radical (unpaired) electrons. The number of halogens is 1. The number of rotatable bonds is 10. The number of benzene rings is 2. The maximum atomic E-state index is 12.6. The molecule has 1 aromatic heterocycles. The Morgan fingerprint density at radius 2 is 1.83 bits per heavy atom. The molecule has 0 bridgehead atoms. The lowest BCUT2D eigenvalue weighted by atomic mass is 10.1. The summed E-state index contributed by atoms with van der Waals surface area (Å²) in [5.74, 6) is 1.31. The van der Waals surface area contributed by atoms with Crippen LogP contribution >= 0.6 is 23.1 Å². The van der Waals surface area contributed by atoms with E-state index >= 15 is 0 Å². The van der Waals surface area contributed by atoms with Crippen molar-refractivity contribution in [2.45, 2.75) is 30.7 Å². The van der Waals surface area contributed by atoms with E-state index in [1.807, 2.05) is 31.2 Å². The third-order valence-corrected chi connectivity index (χ3v) is 6.93. The maximum Gasteiger partial charge on any atom is 0.240 e. The lowest BCUT2D eigenvalue weighted by Crippen LogP contribution is -2.39. The number of anilines is 1. The summed E-state index contributed by atoms with van der Waals surface area (Å²) in [6.07, 6.45) is 1.23. The van der Waals surface area contributed by atoms with E-state index in [-0.39, 0.29) is 10.9 Å². The van der Waals surface area contributed by atoms with Gasteiger partial charge in [0.1, 0.15) is 11.6 Å². The molecule has 1 heterocycles. The van der Waals surface area contributed by atoms with Gasteiger partial charge in [0.25, 0.3) is 0 Å². The third kappa shape index (κ3) is 6.15. The number of methoxy groups -OCH3 is 1. The first-order chi connectivity index (χ1) is 14.4. The van der Waals surface area contributed by atoms with E-state index in [0.29, 0.717) is 41.1 Å². The molecule has 30 heavy (non-hydrogen) atoms. The van der Waals surface area contributed by atoms with Gasteiger partial charge >= 0.3 is 0 Å². The summed E-state index contributed by atoms with van der Waals surface area (Å²) in [6, 6.07) is 13.6. The Hall–Kier alpha value is -2.20. The van der Waals surface area contributed by atoms with E-state index in [4.69, 9.17) is 16.3 Å². The van der Waals surface area contributed by atoms with Crippen molar-refractivity contribution in [3.05, 3.63) is 64.9 Å². The molecule has 1 atom stereocenters. The molecule has 0 fully saturated rings. The van der Waals surface area contributed by atoms with Crippen molar-refractivity contribution >= 4 is 38.3 Å². The Bertz CT molecular complexity index is 1050. The Balaban J connectivity index is 1.57. The van der Waals surface area contributed by atoms with Crippen LogP contribution in [0.5, 0.6) is 5.75 Å². The number of sulfonamides is 1. The van der Waals surface area contributed by atoms with Gasteiger partial charge in [-0.15, -0.1) is 0 Å². The van der Waals surface area contributed by atoms with Crippen LogP contribution in [0.1, 0.15) is 24.7 Å². The van der Waals surface area contributed by atoms with Gasteiger partial charge in [0, 0.05) is 35.6 Å². The highest BCUT2D eigenvalue weighted by Crippen LogP contribution is 2.18. The highest BCUT2D eigenvalue weighted by Gasteiger charge is 2.19. The zero-order chi connectivity index (χ0) is 21.6. The number of nitrogens with zero attached hydrogens (tertiary/aromatic N) is 2. The second kappa shape index (κ2) is 10.2. The molecule has 1 unspecified atom stereocenters. The second-order valence-electron chi connectivity index (χ2n) is 6.60. The predicted molar refractivity (Wildman–Crippen MR) is 120 cm³/mol. The normalized spacial score (nSPS) is 12.5. The van der Waals surface area contributed by atoms with E-state index in [1.165, 1.54) is 30.8 Å². The molecule has 3 rings (SSSR count). The fourth-order valence-corrected chi connectivity index (χ4v) is 4.74. The average Bonchev–Trinajstić information content (AvgIpc) is 3.20. The van der Waals surface area contributed by atoms with Crippen LogP contribution in [0.25, 0.3) is 0 Å². The van der Waals surface area contributed by atoms with Gasteiger partial charge in [-0.1, -0.05) is 30.7 Å². The van der Waals surface area contributed by atoms with Gasteiger partial charge in [0.15, 0.2) is 0 Å². The molecule has 0 aliphatic carbocycles. The lowest BCUT2D eigenvalue weighted by Gasteiger charge is -2.17. The Morgan fingerprint density at radius 1 is 1.13 bits per heavy atom. The minimum atomic E-state index is -3.63. The van der Waals surface area contributed by atoms with Crippen molar-refractivity contribution in [3.63, 3.8) is 0 Å². The minimum absolute atomic E-state index is 0.197. The summed E-state index contributed by atoms with van der Waals surface area (Å²) >= 11 is 7.16. The minimum Gasteiger partial charge on any atom is -0.497 e. The number of nitrogens with one attached hydrogen (secondary N) is 2. The van der Waals surface area contributed by atoms with Gasteiger partial charge in [0.2, 0.25) is 15.2 Å². The van der Waals surface area contributed by atoms with E-state index < -0.39 is 10.0 Å². The van der Waals surface area contributed by atoms with Crippen molar-refractivity contribution in [2.75, 3.05) is 19.0 Å². The summed E-state index contributed by atoms with van der Waals surface area (Å²) in [5.41, 5.74) is 1.07. The maximum absolute atomic E-state index is 12.6. The molecule has 7 nitrogen and oxygen atoms in total. The average molecular weight is 467 g/mol. The fraction of sp³-hybridized carbons (Fsp3) is 0.300. The summed E-state index contributed by atoms with van der Waals surface area (Å²) in [4.78, 5) is 4.68. The molecule has 0 aliphatic heterocycles. The molecule has 10 heteroatoms. The van der Waals surface area contributed by atoms with Gasteiger partial charge in [0.05, 0.1) is 12.0 Å². The van der Waals surface area contributed by atoms with Crippen LogP contribution in [0.2, 0.25) is 5.02 Å². The van der Waals surface area contributed by atoms with Crippen molar-refractivity contribution in [2.24, 2.45) is 0 Å². The molecule has 0 amide bonds. The van der Waals surface area contributed by atoms with Crippen LogP contribution < -0.4 is 14.8 Å². The van der Waals surface area contributed by atoms with E-state index in [9.17, 15) is 8.42 Å². The molecular weight excluding hydrogens is 444 g/mol.